The second-order valence-corrected chi connectivity index (χ2v) is 7.72. The van der Waals surface area contributed by atoms with Gasteiger partial charge in [0.05, 0.1) is 13.2 Å². The highest BCUT2D eigenvalue weighted by molar-refractivity contribution is 5.58. The number of hydrogen-bond acceptors (Lipinski definition) is 3. The highest BCUT2D eigenvalue weighted by atomic mass is 19.1. The number of nitrogens with zero attached hydrogens (tertiary/aromatic N) is 2. The molecule has 2 aromatic carbocycles. The van der Waals surface area contributed by atoms with Gasteiger partial charge in [-0.3, -0.25) is 0 Å². The molecular weight excluding hydrogens is 339 g/mol. The fourth-order valence-electron chi connectivity index (χ4n) is 4.57. The molecule has 0 spiro atoms. The lowest BCUT2D eigenvalue weighted by Crippen LogP contribution is -2.52. The first-order valence-corrected chi connectivity index (χ1v) is 10.1. The fourth-order valence-corrected chi connectivity index (χ4v) is 4.57. The minimum atomic E-state index is -0.197. The first kappa shape index (κ1) is 18.5. The van der Waals surface area contributed by atoms with Gasteiger partial charge in [0.15, 0.2) is 0 Å². The molecule has 27 heavy (non-hydrogen) atoms. The van der Waals surface area contributed by atoms with Gasteiger partial charge in [-0.15, -0.1) is 0 Å². The van der Waals surface area contributed by atoms with Crippen molar-refractivity contribution in [2.75, 3.05) is 37.7 Å². The van der Waals surface area contributed by atoms with Gasteiger partial charge < -0.3 is 14.5 Å². The molecular formula is C23H29FN2O. The summed E-state index contributed by atoms with van der Waals surface area (Å²) in [7, 11) is 0. The van der Waals surface area contributed by atoms with Crippen molar-refractivity contribution in [3.63, 3.8) is 0 Å². The maximum absolute atomic E-state index is 13.1. The van der Waals surface area contributed by atoms with Crippen molar-refractivity contribution in [3.8, 4) is 0 Å². The summed E-state index contributed by atoms with van der Waals surface area (Å²) in [4.78, 5) is 5.15. The van der Waals surface area contributed by atoms with Crippen LogP contribution in [0.2, 0.25) is 0 Å². The van der Waals surface area contributed by atoms with E-state index in [9.17, 15) is 4.39 Å². The van der Waals surface area contributed by atoms with Gasteiger partial charge in [0.25, 0.3) is 0 Å². The molecule has 0 bridgehead atoms. The molecule has 1 saturated heterocycles. The molecule has 2 aliphatic heterocycles. The summed E-state index contributed by atoms with van der Waals surface area (Å²) in [5.74, 6) is 0.294. The van der Waals surface area contributed by atoms with E-state index < -0.39 is 0 Å². The Balaban J connectivity index is 1.43. The summed E-state index contributed by atoms with van der Waals surface area (Å²) >= 11 is 0. The monoisotopic (exact) mass is 368 g/mol. The Morgan fingerprint density at radius 1 is 1.07 bits per heavy atom. The molecule has 2 atom stereocenters. The quantitative estimate of drug-likeness (QED) is 0.763. The summed E-state index contributed by atoms with van der Waals surface area (Å²) in [5, 5.41) is 0. The molecule has 1 fully saturated rings. The normalized spacial score (nSPS) is 22.8. The van der Waals surface area contributed by atoms with E-state index in [0.29, 0.717) is 18.6 Å². The number of ether oxygens (including phenoxy) is 1. The average Bonchev–Trinajstić information content (AvgIpc) is 3.13. The van der Waals surface area contributed by atoms with E-state index in [0.717, 1.165) is 44.8 Å². The SMILES string of the molecule is CCN1CC[C@H](N2CCc3ccccc32)[C@H](COCc2ccc(F)cc2)C1. The molecule has 0 unspecified atom stereocenters. The Kier molecular flexibility index (Phi) is 5.74. The summed E-state index contributed by atoms with van der Waals surface area (Å²) < 4.78 is 19.2. The Morgan fingerprint density at radius 3 is 2.70 bits per heavy atom. The minimum absolute atomic E-state index is 0.197. The van der Waals surface area contributed by atoms with Crippen LogP contribution < -0.4 is 4.90 Å². The van der Waals surface area contributed by atoms with E-state index in [2.05, 4.69) is 41.0 Å². The van der Waals surface area contributed by atoms with Gasteiger partial charge in [-0.05, 0) is 48.7 Å². The lowest BCUT2D eigenvalue weighted by atomic mass is 9.91. The Labute approximate surface area is 161 Å². The van der Waals surface area contributed by atoms with Crippen LogP contribution in [0.4, 0.5) is 10.1 Å². The number of rotatable bonds is 6. The number of piperidine rings is 1. The van der Waals surface area contributed by atoms with E-state index in [1.807, 2.05) is 12.1 Å². The predicted octanol–water partition coefficient (Wildman–Crippen LogP) is 4.12. The van der Waals surface area contributed by atoms with Gasteiger partial charge in [0, 0.05) is 37.3 Å². The molecule has 0 saturated carbocycles. The second-order valence-electron chi connectivity index (χ2n) is 7.72. The third-order valence-electron chi connectivity index (χ3n) is 6.06. The van der Waals surface area contributed by atoms with Crippen molar-refractivity contribution in [1.29, 1.82) is 0 Å². The number of likely N-dealkylation sites (tertiary alicyclic amines) is 1. The summed E-state index contributed by atoms with van der Waals surface area (Å²) in [6.45, 7) is 7.99. The number of fused-ring (bicyclic) bond motifs is 1. The summed E-state index contributed by atoms with van der Waals surface area (Å²) in [6, 6.07) is 16.0. The Bertz CT molecular complexity index is 748. The van der Waals surface area contributed by atoms with E-state index >= 15 is 0 Å². The van der Waals surface area contributed by atoms with Crippen LogP contribution in [0.5, 0.6) is 0 Å². The molecule has 0 amide bonds. The number of halogens is 1. The van der Waals surface area contributed by atoms with Crippen LogP contribution in [0.3, 0.4) is 0 Å². The zero-order chi connectivity index (χ0) is 18.6. The molecule has 4 rings (SSSR count). The van der Waals surface area contributed by atoms with Crippen molar-refractivity contribution in [2.24, 2.45) is 5.92 Å². The Morgan fingerprint density at radius 2 is 1.89 bits per heavy atom. The van der Waals surface area contributed by atoms with Gasteiger partial charge in [-0.2, -0.15) is 0 Å². The van der Waals surface area contributed by atoms with Crippen molar-refractivity contribution >= 4 is 5.69 Å². The molecule has 2 aliphatic rings. The van der Waals surface area contributed by atoms with Crippen LogP contribution in [-0.2, 0) is 17.8 Å². The zero-order valence-electron chi connectivity index (χ0n) is 16.1. The molecule has 3 nitrogen and oxygen atoms in total. The Hall–Kier alpha value is -1.91. The number of anilines is 1. The van der Waals surface area contributed by atoms with E-state index in [-0.39, 0.29) is 5.82 Å². The third kappa shape index (κ3) is 4.17. The second kappa shape index (κ2) is 8.41. The zero-order valence-corrected chi connectivity index (χ0v) is 16.1. The molecule has 0 radical (unpaired) electrons. The third-order valence-corrected chi connectivity index (χ3v) is 6.06. The van der Waals surface area contributed by atoms with Crippen LogP contribution in [-0.4, -0.2) is 43.7 Å². The average molecular weight is 368 g/mol. The maximum atomic E-state index is 13.1. The topological polar surface area (TPSA) is 15.7 Å². The molecule has 4 heteroatoms. The maximum Gasteiger partial charge on any atom is 0.123 e. The molecule has 0 N–H and O–H groups in total. The van der Waals surface area contributed by atoms with Gasteiger partial charge in [0.2, 0.25) is 0 Å². The van der Waals surface area contributed by atoms with Crippen molar-refractivity contribution in [2.45, 2.75) is 32.4 Å². The highest BCUT2D eigenvalue weighted by Crippen LogP contribution is 2.34. The summed E-state index contributed by atoms with van der Waals surface area (Å²) in [6.07, 6.45) is 2.33. The number of para-hydroxylation sites is 1. The van der Waals surface area contributed by atoms with Crippen molar-refractivity contribution in [3.05, 3.63) is 65.5 Å². The molecule has 2 aromatic rings. The lowest BCUT2D eigenvalue weighted by molar-refractivity contribution is 0.0420. The van der Waals surface area contributed by atoms with Crippen molar-refractivity contribution < 1.29 is 9.13 Å². The van der Waals surface area contributed by atoms with Crippen LogP contribution in [0.25, 0.3) is 0 Å². The lowest BCUT2D eigenvalue weighted by Gasteiger charge is -2.43. The minimum Gasteiger partial charge on any atom is -0.376 e. The van der Waals surface area contributed by atoms with Crippen molar-refractivity contribution in [1.82, 2.24) is 4.90 Å². The molecule has 0 aromatic heterocycles. The van der Waals surface area contributed by atoms with Crippen LogP contribution in [0.15, 0.2) is 48.5 Å². The first-order chi connectivity index (χ1) is 13.2. The standard InChI is InChI=1S/C23H29FN2O/c1-2-25-13-12-23(26-14-11-19-5-3-4-6-22(19)26)20(15-25)17-27-16-18-7-9-21(24)10-8-18/h3-10,20,23H,2,11-17H2,1H3/t20-,23-/m0/s1. The van der Waals surface area contributed by atoms with E-state index in [1.54, 1.807) is 0 Å². The van der Waals surface area contributed by atoms with Gasteiger partial charge in [0.1, 0.15) is 5.82 Å². The predicted molar refractivity (Wildman–Crippen MR) is 108 cm³/mol. The van der Waals surface area contributed by atoms with Gasteiger partial charge >= 0.3 is 0 Å². The highest BCUT2D eigenvalue weighted by Gasteiger charge is 2.35. The van der Waals surface area contributed by atoms with Crippen LogP contribution >= 0.6 is 0 Å². The van der Waals surface area contributed by atoms with Gasteiger partial charge in [-0.1, -0.05) is 37.3 Å². The van der Waals surface area contributed by atoms with Crippen LogP contribution in [0, 0.1) is 11.7 Å². The molecule has 2 heterocycles. The van der Waals surface area contributed by atoms with Gasteiger partial charge in [-0.25, -0.2) is 4.39 Å². The van der Waals surface area contributed by atoms with E-state index in [4.69, 9.17) is 4.74 Å². The molecule has 144 valence electrons. The largest absolute Gasteiger partial charge is 0.376 e. The fraction of sp³-hybridized carbons (Fsp3) is 0.478. The smallest absolute Gasteiger partial charge is 0.123 e. The number of benzene rings is 2. The first-order valence-electron chi connectivity index (χ1n) is 10.1. The number of hydrogen-bond donors (Lipinski definition) is 0. The molecule has 0 aliphatic carbocycles. The van der Waals surface area contributed by atoms with E-state index in [1.165, 1.54) is 29.8 Å². The van der Waals surface area contributed by atoms with Crippen LogP contribution in [0.1, 0.15) is 24.5 Å². The summed E-state index contributed by atoms with van der Waals surface area (Å²) in [5.41, 5.74) is 3.92.